The fraction of sp³-hybridized carbons (Fsp3) is 0.0800. The van der Waals surface area contributed by atoms with Crippen LogP contribution in [0.3, 0.4) is 0 Å². The molecule has 0 aromatic heterocycles. The Labute approximate surface area is 188 Å². The number of hydrogen-bond acceptors (Lipinski definition) is 3. The number of amides is 1. The molecule has 30 heavy (non-hydrogen) atoms. The van der Waals surface area contributed by atoms with E-state index in [9.17, 15) is 9.90 Å². The fourth-order valence-electron chi connectivity index (χ4n) is 4.10. The summed E-state index contributed by atoms with van der Waals surface area (Å²) in [6, 6.07) is 25.2. The zero-order valence-corrected chi connectivity index (χ0v) is 18.4. The summed E-state index contributed by atoms with van der Waals surface area (Å²) < 4.78 is 0.997. The fourth-order valence-corrected chi connectivity index (χ4v) is 4.59. The summed E-state index contributed by atoms with van der Waals surface area (Å²) in [5.41, 5.74) is 3.93. The summed E-state index contributed by atoms with van der Waals surface area (Å²) >= 11 is 2.22. The second-order valence-electron chi connectivity index (χ2n) is 7.47. The number of rotatable bonds is 2. The predicted octanol–water partition coefficient (Wildman–Crippen LogP) is 6.23. The smallest absolute Gasteiger partial charge is 0.262 e. The first kappa shape index (κ1) is 18.9. The number of hydrogen-bond donors (Lipinski definition) is 2. The molecule has 0 bridgehead atoms. The minimum atomic E-state index is -0.544. The lowest BCUT2D eigenvalue weighted by Gasteiger charge is -2.39. The van der Waals surface area contributed by atoms with Crippen molar-refractivity contribution in [2.24, 2.45) is 0 Å². The van der Waals surface area contributed by atoms with Crippen molar-refractivity contribution in [2.45, 2.75) is 13.1 Å². The van der Waals surface area contributed by atoms with Crippen molar-refractivity contribution in [3.63, 3.8) is 0 Å². The second-order valence-corrected chi connectivity index (χ2v) is 8.72. The van der Waals surface area contributed by atoms with Gasteiger partial charge < -0.3 is 10.4 Å². The van der Waals surface area contributed by atoms with Crippen LogP contribution in [0.25, 0.3) is 10.8 Å². The molecule has 0 saturated heterocycles. The highest BCUT2D eigenvalue weighted by molar-refractivity contribution is 14.1. The van der Waals surface area contributed by atoms with Gasteiger partial charge in [-0.1, -0.05) is 42.5 Å². The molecule has 0 aliphatic carbocycles. The van der Waals surface area contributed by atoms with Crippen molar-refractivity contribution in [3.05, 3.63) is 99.1 Å². The standard InChI is InChI=1S/C25H19IN2O2/c1-15-5-4-7-18(13-15)28-24(27-21-11-10-17(26)14-20(21)25(28)30)23-19-8-3-2-6-16(19)9-12-22(23)29/h2-14,24,27,29H,1H3/t24-/m1/s1. The van der Waals surface area contributed by atoms with Gasteiger partial charge in [0.05, 0.1) is 5.56 Å². The average molecular weight is 506 g/mol. The van der Waals surface area contributed by atoms with Crippen LogP contribution in [-0.4, -0.2) is 11.0 Å². The lowest BCUT2D eigenvalue weighted by atomic mass is 9.96. The second kappa shape index (κ2) is 7.32. The quantitative estimate of drug-likeness (QED) is 0.317. The highest BCUT2D eigenvalue weighted by atomic mass is 127. The van der Waals surface area contributed by atoms with Crippen LogP contribution in [0.4, 0.5) is 11.4 Å². The van der Waals surface area contributed by atoms with Crippen LogP contribution in [-0.2, 0) is 0 Å². The zero-order valence-electron chi connectivity index (χ0n) is 16.3. The topological polar surface area (TPSA) is 52.6 Å². The third-order valence-electron chi connectivity index (χ3n) is 5.48. The number of phenolic OH excluding ortho intramolecular Hbond substituents is 1. The van der Waals surface area contributed by atoms with E-state index in [2.05, 4.69) is 27.9 Å². The minimum Gasteiger partial charge on any atom is -0.507 e. The molecule has 0 fully saturated rings. The van der Waals surface area contributed by atoms with Crippen LogP contribution >= 0.6 is 22.6 Å². The summed E-state index contributed by atoms with van der Waals surface area (Å²) in [5, 5.41) is 16.3. The first-order chi connectivity index (χ1) is 14.5. The summed E-state index contributed by atoms with van der Waals surface area (Å²) in [6.45, 7) is 2.01. The summed E-state index contributed by atoms with van der Waals surface area (Å²) in [7, 11) is 0. The lowest BCUT2D eigenvalue weighted by molar-refractivity contribution is 0.0975. The molecule has 4 nitrogen and oxygen atoms in total. The van der Waals surface area contributed by atoms with E-state index < -0.39 is 6.17 Å². The molecular formula is C25H19IN2O2. The normalized spacial score (nSPS) is 15.7. The summed E-state index contributed by atoms with van der Waals surface area (Å²) in [5.74, 6) is 0.0656. The van der Waals surface area contributed by atoms with E-state index >= 15 is 0 Å². The van der Waals surface area contributed by atoms with E-state index in [-0.39, 0.29) is 11.7 Å². The molecule has 0 unspecified atom stereocenters. The van der Waals surface area contributed by atoms with Gasteiger partial charge in [-0.3, -0.25) is 9.69 Å². The maximum Gasteiger partial charge on any atom is 0.262 e. The Hall–Kier alpha value is -3.06. The summed E-state index contributed by atoms with van der Waals surface area (Å²) in [4.78, 5) is 15.5. The van der Waals surface area contributed by atoms with E-state index in [1.54, 1.807) is 11.0 Å². The number of nitrogens with zero attached hydrogens (tertiary/aromatic N) is 1. The third-order valence-corrected chi connectivity index (χ3v) is 6.15. The Morgan fingerprint density at radius 1 is 0.967 bits per heavy atom. The highest BCUT2D eigenvalue weighted by Gasteiger charge is 2.36. The average Bonchev–Trinajstić information content (AvgIpc) is 2.74. The van der Waals surface area contributed by atoms with Crippen LogP contribution < -0.4 is 10.2 Å². The molecule has 0 saturated carbocycles. The van der Waals surface area contributed by atoms with E-state index in [1.165, 1.54) is 0 Å². The Balaban J connectivity index is 1.78. The Morgan fingerprint density at radius 2 is 1.80 bits per heavy atom. The Bertz CT molecular complexity index is 1300. The molecule has 5 rings (SSSR count). The van der Waals surface area contributed by atoms with Gasteiger partial charge in [0.2, 0.25) is 0 Å². The highest BCUT2D eigenvalue weighted by Crippen LogP contribution is 2.42. The first-order valence-corrected chi connectivity index (χ1v) is 10.8. The van der Waals surface area contributed by atoms with Gasteiger partial charge in [-0.2, -0.15) is 0 Å². The van der Waals surface area contributed by atoms with E-state index in [0.717, 1.165) is 31.3 Å². The molecule has 0 radical (unpaired) electrons. The van der Waals surface area contributed by atoms with Crippen LogP contribution in [0.2, 0.25) is 0 Å². The van der Waals surface area contributed by atoms with Crippen LogP contribution in [0.15, 0.2) is 78.9 Å². The number of carbonyl (C=O) groups is 1. The van der Waals surface area contributed by atoms with Crippen molar-refractivity contribution in [1.29, 1.82) is 0 Å². The zero-order chi connectivity index (χ0) is 20.8. The van der Waals surface area contributed by atoms with Gasteiger partial charge in [0.15, 0.2) is 0 Å². The van der Waals surface area contributed by atoms with Crippen molar-refractivity contribution in [1.82, 2.24) is 0 Å². The van der Waals surface area contributed by atoms with Gasteiger partial charge >= 0.3 is 0 Å². The van der Waals surface area contributed by atoms with E-state index in [0.29, 0.717) is 11.1 Å². The van der Waals surface area contributed by atoms with Gasteiger partial charge in [-0.25, -0.2) is 0 Å². The molecule has 1 atom stereocenters. The molecule has 1 aliphatic rings. The number of phenols is 1. The van der Waals surface area contributed by atoms with Gasteiger partial charge in [0, 0.05) is 20.5 Å². The molecule has 0 spiro atoms. The van der Waals surface area contributed by atoms with Gasteiger partial charge in [-0.05, 0) is 82.2 Å². The van der Waals surface area contributed by atoms with Crippen molar-refractivity contribution >= 4 is 50.6 Å². The molecule has 1 amide bonds. The maximum absolute atomic E-state index is 13.7. The van der Waals surface area contributed by atoms with E-state index in [1.807, 2.05) is 79.7 Å². The lowest BCUT2D eigenvalue weighted by Crippen LogP contribution is -2.43. The SMILES string of the molecule is Cc1cccc(N2C(=O)c3cc(I)ccc3N[C@H]2c2c(O)ccc3ccccc23)c1. The van der Waals surface area contributed by atoms with Gasteiger partial charge in [0.1, 0.15) is 11.9 Å². The maximum atomic E-state index is 13.7. The van der Waals surface area contributed by atoms with Gasteiger partial charge in [-0.15, -0.1) is 0 Å². The third kappa shape index (κ3) is 3.10. The summed E-state index contributed by atoms with van der Waals surface area (Å²) in [6.07, 6.45) is -0.544. The largest absolute Gasteiger partial charge is 0.507 e. The Morgan fingerprint density at radius 3 is 2.63 bits per heavy atom. The molecular weight excluding hydrogens is 487 g/mol. The Kier molecular flexibility index (Phi) is 4.62. The number of benzene rings is 4. The first-order valence-electron chi connectivity index (χ1n) is 9.70. The molecule has 2 N–H and O–H groups in total. The van der Waals surface area contributed by atoms with Crippen LogP contribution in [0, 0.1) is 10.5 Å². The predicted molar refractivity (Wildman–Crippen MR) is 129 cm³/mol. The number of carbonyl (C=O) groups excluding carboxylic acids is 1. The van der Waals surface area contributed by atoms with Crippen molar-refractivity contribution in [2.75, 3.05) is 10.2 Å². The number of fused-ring (bicyclic) bond motifs is 2. The molecule has 5 heteroatoms. The molecule has 1 aliphatic heterocycles. The number of aryl methyl sites for hydroxylation is 1. The number of nitrogens with one attached hydrogen (secondary N) is 1. The number of halogens is 1. The van der Waals surface area contributed by atoms with E-state index in [4.69, 9.17) is 0 Å². The molecule has 4 aromatic carbocycles. The molecule has 1 heterocycles. The molecule has 4 aromatic rings. The number of anilines is 2. The monoisotopic (exact) mass is 506 g/mol. The number of aromatic hydroxyl groups is 1. The van der Waals surface area contributed by atoms with Crippen molar-refractivity contribution in [3.8, 4) is 5.75 Å². The van der Waals surface area contributed by atoms with Crippen LogP contribution in [0.1, 0.15) is 27.7 Å². The van der Waals surface area contributed by atoms with Crippen LogP contribution in [0.5, 0.6) is 5.75 Å². The minimum absolute atomic E-state index is 0.0924. The molecule has 148 valence electrons. The van der Waals surface area contributed by atoms with Gasteiger partial charge in [0.25, 0.3) is 5.91 Å². The van der Waals surface area contributed by atoms with Crippen molar-refractivity contribution < 1.29 is 9.90 Å².